The van der Waals surface area contributed by atoms with Crippen molar-refractivity contribution in [2.24, 2.45) is 0 Å². The summed E-state index contributed by atoms with van der Waals surface area (Å²) < 4.78 is 5.29. The van der Waals surface area contributed by atoms with Crippen LogP contribution in [0.1, 0.15) is 5.56 Å². The zero-order valence-electron chi connectivity index (χ0n) is 5.91. The molecule has 0 atom stereocenters. The van der Waals surface area contributed by atoms with Crippen LogP contribution in [0.5, 0.6) is 5.75 Å². The third-order valence-electron chi connectivity index (χ3n) is 1.62. The molecule has 0 unspecified atom stereocenters. The lowest BCUT2D eigenvalue weighted by molar-refractivity contribution is 0.281. The minimum Gasteiger partial charge on any atom is -0.481 e. The molecule has 0 saturated carbocycles. The predicted molar refractivity (Wildman–Crippen MR) is 43.7 cm³/mol. The second-order valence-electron chi connectivity index (χ2n) is 2.35. The van der Waals surface area contributed by atoms with Gasteiger partial charge < -0.3 is 9.84 Å². The van der Waals surface area contributed by atoms with Crippen LogP contribution in [0.4, 0.5) is 0 Å². The van der Waals surface area contributed by atoms with Crippen molar-refractivity contribution in [1.29, 1.82) is 0 Å². The van der Waals surface area contributed by atoms with E-state index in [0.29, 0.717) is 5.94 Å². The highest BCUT2D eigenvalue weighted by molar-refractivity contribution is 7.99. The van der Waals surface area contributed by atoms with Crippen LogP contribution in [0, 0.1) is 0 Å². The molecule has 1 aromatic carbocycles. The third kappa shape index (κ3) is 1.21. The van der Waals surface area contributed by atoms with Gasteiger partial charge >= 0.3 is 0 Å². The molecule has 0 saturated heterocycles. The van der Waals surface area contributed by atoms with Crippen molar-refractivity contribution in [2.75, 3.05) is 5.94 Å². The maximum Gasteiger partial charge on any atom is 0.138 e. The summed E-state index contributed by atoms with van der Waals surface area (Å²) in [6.45, 7) is 0.0846. The second-order valence-corrected chi connectivity index (χ2v) is 3.31. The molecule has 1 N–H and O–H groups in total. The molecule has 1 aromatic rings. The van der Waals surface area contributed by atoms with Crippen LogP contribution in [-0.2, 0) is 6.61 Å². The quantitative estimate of drug-likeness (QED) is 0.691. The summed E-state index contributed by atoms with van der Waals surface area (Å²) in [6, 6.07) is 5.79. The smallest absolute Gasteiger partial charge is 0.138 e. The summed E-state index contributed by atoms with van der Waals surface area (Å²) >= 11 is 1.68. The maximum absolute atomic E-state index is 8.81. The number of benzene rings is 1. The Balaban J connectivity index is 2.41. The topological polar surface area (TPSA) is 29.5 Å². The van der Waals surface area contributed by atoms with Crippen LogP contribution in [0.25, 0.3) is 0 Å². The number of aliphatic hydroxyl groups is 1. The first-order chi connectivity index (χ1) is 5.40. The lowest BCUT2D eigenvalue weighted by Gasteiger charge is -1.99. The molecule has 0 bridgehead atoms. The zero-order chi connectivity index (χ0) is 7.68. The molecule has 2 rings (SSSR count). The van der Waals surface area contributed by atoms with E-state index in [4.69, 9.17) is 9.84 Å². The van der Waals surface area contributed by atoms with Crippen LogP contribution in [-0.4, -0.2) is 11.0 Å². The van der Waals surface area contributed by atoms with Gasteiger partial charge in [0, 0.05) is 0 Å². The van der Waals surface area contributed by atoms with Crippen LogP contribution in [0.3, 0.4) is 0 Å². The van der Waals surface area contributed by atoms with E-state index in [2.05, 4.69) is 0 Å². The van der Waals surface area contributed by atoms with Crippen LogP contribution in [0.15, 0.2) is 23.1 Å². The minimum atomic E-state index is 0.0846. The fourth-order valence-electron chi connectivity index (χ4n) is 1.04. The Kier molecular flexibility index (Phi) is 1.75. The van der Waals surface area contributed by atoms with Gasteiger partial charge in [-0.15, -0.1) is 0 Å². The van der Waals surface area contributed by atoms with Gasteiger partial charge in [-0.25, -0.2) is 0 Å². The van der Waals surface area contributed by atoms with Crippen molar-refractivity contribution < 1.29 is 9.84 Å². The van der Waals surface area contributed by atoms with E-state index in [0.717, 1.165) is 11.3 Å². The fourth-order valence-corrected chi connectivity index (χ4v) is 1.78. The molecule has 1 heterocycles. The molecule has 2 nitrogen and oxygen atoms in total. The molecule has 0 amide bonds. The van der Waals surface area contributed by atoms with Crippen molar-refractivity contribution in [3.63, 3.8) is 0 Å². The monoisotopic (exact) mass is 168 g/mol. The fraction of sp³-hybridized carbons (Fsp3) is 0.250. The highest BCUT2D eigenvalue weighted by atomic mass is 32.2. The third-order valence-corrected chi connectivity index (χ3v) is 2.50. The molecule has 0 fully saturated rings. The first-order valence-electron chi connectivity index (χ1n) is 3.39. The molecule has 0 aliphatic carbocycles. The minimum absolute atomic E-state index is 0.0846. The number of ether oxygens (including phenoxy) is 1. The van der Waals surface area contributed by atoms with E-state index in [9.17, 15) is 0 Å². The summed E-state index contributed by atoms with van der Waals surface area (Å²) in [4.78, 5) is 1.17. The predicted octanol–water partition coefficient (Wildman–Crippen LogP) is 1.62. The summed E-state index contributed by atoms with van der Waals surface area (Å²) in [5.74, 6) is 1.60. The summed E-state index contributed by atoms with van der Waals surface area (Å²) in [5.41, 5.74) is 0.909. The highest BCUT2D eigenvalue weighted by Gasteiger charge is 2.11. The van der Waals surface area contributed by atoms with Crippen molar-refractivity contribution in [3.8, 4) is 5.75 Å². The van der Waals surface area contributed by atoms with Gasteiger partial charge in [-0.2, -0.15) is 0 Å². The van der Waals surface area contributed by atoms with Crippen LogP contribution >= 0.6 is 11.8 Å². The summed E-state index contributed by atoms with van der Waals surface area (Å²) in [6.07, 6.45) is 0. The second kappa shape index (κ2) is 2.75. The van der Waals surface area contributed by atoms with Gasteiger partial charge in [0.15, 0.2) is 0 Å². The standard InChI is InChI=1S/C8H8O2S/c9-4-6-1-2-8-7(3-6)10-5-11-8/h1-3,9H,4-5H2. The lowest BCUT2D eigenvalue weighted by atomic mass is 10.2. The Hall–Kier alpha value is -0.670. The highest BCUT2D eigenvalue weighted by Crippen LogP contribution is 2.36. The molecule has 1 aliphatic rings. The van der Waals surface area contributed by atoms with Crippen molar-refractivity contribution >= 4 is 11.8 Å². The summed E-state index contributed by atoms with van der Waals surface area (Å²) in [7, 11) is 0. The summed E-state index contributed by atoms with van der Waals surface area (Å²) in [5, 5.41) is 8.81. The molecule has 58 valence electrons. The van der Waals surface area contributed by atoms with Crippen molar-refractivity contribution in [2.45, 2.75) is 11.5 Å². The van der Waals surface area contributed by atoms with E-state index in [1.807, 2.05) is 18.2 Å². The average molecular weight is 168 g/mol. The lowest BCUT2D eigenvalue weighted by Crippen LogP contribution is -1.85. The molecule has 0 radical (unpaired) electrons. The van der Waals surface area contributed by atoms with Gasteiger partial charge in [0.1, 0.15) is 11.7 Å². The van der Waals surface area contributed by atoms with E-state index in [-0.39, 0.29) is 6.61 Å². The zero-order valence-corrected chi connectivity index (χ0v) is 6.73. The Morgan fingerprint density at radius 3 is 3.27 bits per heavy atom. The number of fused-ring (bicyclic) bond motifs is 1. The first kappa shape index (κ1) is 7.00. The first-order valence-corrected chi connectivity index (χ1v) is 4.38. The molecule has 0 spiro atoms. The van der Waals surface area contributed by atoms with Gasteiger partial charge in [-0.05, 0) is 17.7 Å². The average Bonchev–Trinajstić information content (AvgIpc) is 2.50. The van der Waals surface area contributed by atoms with E-state index < -0.39 is 0 Å². The molecule has 11 heavy (non-hydrogen) atoms. The van der Waals surface area contributed by atoms with Gasteiger partial charge in [0.2, 0.25) is 0 Å². The number of hydrogen-bond donors (Lipinski definition) is 1. The number of rotatable bonds is 1. The molecule has 3 heteroatoms. The maximum atomic E-state index is 8.81. The largest absolute Gasteiger partial charge is 0.481 e. The molecule has 1 aliphatic heterocycles. The molecular formula is C8H8O2S. The Labute approximate surface area is 69.2 Å². The van der Waals surface area contributed by atoms with Gasteiger partial charge in [-0.3, -0.25) is 0 Å². The van der Waals surface area contributed by atoms with Crippen LogP contribution < -0.4 is 4.74 Å². The SMILES string of the molecule is OCc1ccc2c(c1)OCS2. The molecule has 0 aromatic heterocycles. The van der Waals surface area contributed by atoms with Crippen LogP contribution in [0.2, 0.25) is 0 Å². The van der Waals surface area contributed by atoms with E-state index in [1.165, 1.54) is 4.90 Å². The van der Waals surface area contributed by atoms with E-state index >= 15 is 0 Å². The van der Waals surface area contributed by atoms with E-state index in [1.54, 1.807) is 11.8 Å². The van der Waals surface area contributed by atoms with Crippen molar-refractivity contribution in [3.05, 3.63) is 23.8 Å². The Morgan fingerprint density at radius 2 is 2.45 bits per heavy atom. The Bertz CT molecular complexity index is 273. The number of hydrogen-bond acceptors (Lipinski definition) is 3. The number of thioether (sulfide) groups is 1. The number of aliphatic hydroxyl groups excluding tert-OH is 1. The van der Waals surface area contributed by atoms with Gasteiger partial charge in [-0.1, -0.05) is 17.8 Å². The Morgan fingerprint density at radius 1 is 1.55 bits per heavy atom. The van der Waals surface area contributed by atoms with Gasteiger partial charge in [0.25, 0.3) is 0 Å². The van der Waals surface area contributed by atoms with Gasteiger partial charge in [0.05, 0.1) is 11.5 Å². The normalized spacial score (nSPS) is 14.3. The molecular weight excluding hydrogens is 160 g/mol. The van der Waals surface area contributed by atoms with Crippen molar-refractivity contribution in [1.82, 2.24) is 0 Å².